The fraction of sp³-hybridized carbons (Fsp3) is 0.688. The van der Waals surface area contributed by atoms with Crippen LogP contribution in [0.4, 0.5) is 5.82 Å². The van der Waals surface area contributed by atoms with Gasteiger partial charge in [0, 0.05) is 6.04 Å². The van der Waals surface area contributed by atoms with Gasteiger partial charge in [0.05, 0.1) is 6.33 Å². The van der Waals surface area contributed by atoms with Crippen LogP contribution in [0.5, 0.6) is 0 Å². The van der Waals surface area contributed by atoms with Crippen LogP contribution < -0.4 is 5.73 Å². The van der Waals surface area contributed by atoms with Crippen molar-refractivity contribution in [3.8, 4) is 0 Å². The second-order valence-corrected chi connectivity index (χ2v) is 6.86. The number of anilines is 1. The predicted octanol–water partition coefficient (Wildman–Crippen LogP) is 3.19. The number of aromatic nitrogens is 4. The number of nitrogens with two attached hydrogens (primary N) is 1. The molecule has 2 aromatic heterocycles. The van der Waals surface area contributed by atoms with Gasteiger partial charge in [-0.1, -0.05) is 13.8 Å². The smallest absolute Gasteiger partial charge is 0.165 e. The summed E-state index contributed by atoms with van der Waals surface area (Å²) in [5.41, 5.74) is 8.10. The number of hydrogen-bond donors (Lipinski definition) is 1. The molecule has 2 heterocycles. The Kier molecular flexibility index (Phi) is 2.75. The Morgan fingerprint density at radius 1 is 1.29 bits per heavy atom. The largest absolute Gasteiger partial charge is 0.382 e. The molecule has 0 spiro atoms. The van der Waals surface area contributed by atoms with E-state index in [1.54, 1.807) is 6.33 Å². The van der Waals surface area contributed by atoms with Crippen molar-refractivity contribution < 1.29 is 0 Å². The van der Waals surface area contributed by atoms with Crippen LogP contribution in [-0.2, 0) is 0 Å². The van der Waals surface area contributed by atoms with Crippen molar-refractivity contribution >= 4 is 17.0 Å². The maximum atomic E-state index is 5.92. The van der Waals surface area contributed by atoms with E-state index >= 15 is 0 Å². The topological polar surface area (TPSA) is 69.6 Å². The third-order valence-corrected chi connectivity index (χ3v) is 6.40. The minimum atomic E-state index is 0.485. The molecular formula is C16H23N5. The quantitative estimate of drug-likeness (QED) is 0.920. The molecule has 2 aromatic rings. The molecule has 0 aliphatic heterocycles. The molecule has 2 aliphatic rings. The maximum absolute atomic E-state index is 5.92. The molecule has 5 nitrogen and oxygen atoms in total. The first kappa shape index (κ1) is 13.0. The molecule has 2 saturated carbocycles. The molecular weight excluding hydrogens is 262 g/mol. The van der Waals surface area contributed by atoms with Crippen LogP contribution in [-0.4, -0.2) is 19.5 Å². The highest BCUT2D eigenvalue weighted by Gasteiger charge is 2.54. The van der Waals surface area contributed by atoms with Gasteiger partial charge in [0.25, 0.3) is 0 Å². The average Bonchev–Trinajstić information content (AvgIpc) is 3.14. The summed E-state index contributed by atoms with van der Waals surface area (Å²) < 4.78 is 2.27. The summed E-state index contributed by atoms with van der Waals surface area (Å²) in [6.07, 6.45) is 10.0. The fourth-order valence-electron chi connectivity index (χ4n) is 5.23. The predicted molar refractivity (Wildman–Crippen MR) is 82.6 cm³/mol. The van der Waals surface area contributed by atoms with E-state index in [0.717, 1.165) is 23.0 Å². The molecule has 2 fully saturated rings. The lowest BCUT2D eigenvalue weighted by molar-refractivity contribution is 0.151. The van der Waals surface area contributed by atoms with Crippen molar-refractivity contribution in [2.75, 3.05) is 5.73 Å². The van der Waals surface area contributed by atoms with E-state index in [2.05, 4.69) is 33.4 Å². The second-order valence-electron chi connectivity index (χ2n) is 6.86. The average molecular weight is 285 g/mol. The van der Waals surface area contributed by atoms with Crippen molar-refractivity contribution in [1.82, 2.24) is 19.5 Å². The SMILES string of the molecule is CC[C@]12CC[C@H](n3cnc4c(N)ncnc43)[C@H]1CC[C@@H]2C. The van der Waals surface area contributed by atoms with Gasteiger partial charge < -0.3 is 10.3 Å². The molecule has 5 heteroatoms. The summed E-state index contributed by atoms with van der Waals surface area (Å²) in [5, 5.41) is 0. The lowest BCUT2D eigenvalue weighted by Gasteiger charge is -2.34. The zero-order valence-electron chi connectivity index (χ0n) is 12.8. The van der Waals surface area contributed by atoms with E-state index in [0.29, 0.717) is 17.3 Å². The summed E-state index contributed by atoms with van der Waals surface area (Å²) in [6, 6.07) is 0.522. The Hall–Kier alpha value is -1.65. The molecule has 0 amide bonds. The molecule has 0 radical (unpaired) electrons. The van der Waals surface area contributed by atoms with Gasteiger partial charge in [-0.2, -0.15) is 0 Å². The van der Waals surface area contributed by atoms with Crippen LogP contribution in [0.1, 0.15) is 52.0 Å². The maximum Gasteiger partial charge on any atom is 0.165 e. The first-order valence-corrected chi connectivity index (χ1v) is 8.10. The molecule has 2 aliphatic carbocycles. The Morgan fingerprint density at radius 3 is 2.95 bits per heavy atom. The molecule has 0 aromatic carbocycles. The molecule has 21 heavy (non-hydrogen) atoms. The number of rotatable bonds is 2. The van der Waals surface area contributed by atoms with Gasteiger partial charge in [0.2, 0.25) is 0 Å². The number of imidazole rings is 1. The molecule has 0 saturated heterocycles. The zero-order valence-corrected chi connectivity index (χ0v) is 12.8. The van der Waals surface area contributed by atoms with Gasteiger partial charge >= 0.3 is 0 Å². The highest BCUT2D eigenvalue weighted by Crippen LogP contribution is 2.62. The highest BCUT2D eigenvalue weighted by atomic mass is 15.2. The fourth-order valence-corrected chi connectivity index (χ4v) is 5.23. The van der Waals surface area contributed by atoms with Gasteiger partial charge in [-0.05, 0) is 49.4 Å². The molecule has 112 valence electrons. The van der Waals surface area contributed by atoms with E-state index in [9.17, 15) is 0 Å². The summed E-state index contributed by atoms with van der Waals surface area (Å²) in [7, 11) is 0. The molecule has 0 bridgehead atoms. The lowest BCUT2D eigenvalue weighted by Crippen LogP contribution is -2.28. The van der Waals surface area contributed by atoms with Gasteiger partial charge in [0.15, 0.2) is 11.5 Å². The number of nitrogen functional groups attached to an aromatic ring is 1. The Morgan fingerprint density at radius 2 is 2.14 bits per heavy atom. The summed E-state index contributed by atoms with van der Waals surface area (Å²) in [4.78, 5) is 12.9. The summed E-state index contributed by atoms with van der Waals surface area (Å²) in [5.74, 6) is 2.08. The van der Waals surface area contributed by atoms with Gasteiger partial charge in [0.1, 0.15) is 11.8 Å². The normalized spacial score (nSPS) is 35.4. The first-order chi connectivity index (χ1) is 10.2. The third-order valence-electron chi connectivity index (χ3n) is 6.40. The van der Waals surface area contributed by atoms with Crippen LogP contribution in [0.3, 0.4) is 0 Å². The number of nitrogens with zero attached hydrogens (tertiary/aromatic N) is 4. The van der Waals surface area contributed by atoms with E-state index in [1.807, 2.05) is 6.33 Å². The summed E-state index contributed by atoms with van der Waals surface area (Å²) in [6.45, 7) is 4.81. The van der Waals surface area contributed by atoms with Gasteiger partial charge in [-0.25, -0.2) is 15.0 Å². The minimum absolute atomic E-state index is 0.485. The Balaban J connectivity index is 1.79. The van der Waals surface area contributed by atoms with E-state index < -0.39 is 0 Å². The molecule has 2 N–H and O–H groups in total. The lowest BCUT2D eigenvalue weighted by atomic mass is 9.72. The van der Waals surface area contributed by atoms with E-state index in [1.165, 1.54) is 32.1 Å². The van der Waals surface area contributed by atoms with E-state index in [4.69, 9.17) is 5.73 Å². The molecule has 4 rings (SSSR count). The van der Waals surface area contributed by atoms with Crippen molar-refractivity contribution in [3.05, 3.63) is 12.7 Å². The standard InChI is InChI=1S/C16H23N5/c1-3-16-7-6-12(11(16)5-4-10(16)2)21-9-20-13-14(17)18-8-19-15(13)21/h8-12H,3-7H2,1-2H3,(H2,17,18,19)/t10-,11+,12-,16+/m0/s1. The Labute approximate surface area is 125 Å². The van der Waals surface area contributed by atoms with Crippen molar-refractivity contribution in [3.63, 3.8) is 0 Å². The summed E-state index contributed by atoms with van der Waals surface area (Å²) >= 11 is 0. The van der Waals surface area contributed by atoms with Crippen LogP contribution in [0.25, 0.3) is 11.2 Å². The van der Waals surface area contributed by atoms with Crippen LogP contribution in [0.2, 0.25) is 0 Å². The van der Waals surface area contributed by atoms with E-state index in [-0.39, 0.29) is 0 Å². The van der Waals surface area contributed by atoms with Crippen molar-refractivity contribution in [1.29, 1.82) is 0 Å². The van der Waals surface area contributed by atoms with Crippen LogP contribution >= 0.6 is 0 Å². The van der Waals surface area contributed by atoms with Crippen molar-refractivity contribution in [2.24, 2.45) is 17.3 Å². The number of fused-ring (bicyclic) bond motifs is 2. The third kappa shape index (κ3) is 1.60. The van der Waals surface area contributed by atoms with Crippen molar-refractivity contribution in [2.45, 2.75) is 52.0 Å². The molecule has 4 atom stereocenters. The zero-order chi connectivity index (χ0) is 14.6. The molecule has 0 unspecified atom stereocenters. The minimum Gasteiger partial charge on any atom is -0.382 e. The van der Waals surface area contributed by atoms with Crippen LogP contribution in [0.15, 0.2) is 12.7 Å². The number of hydrogen-bond acceptors (Lipinski definition) is 4. The monoisotopic (exact) mass is 285 g/mol. The van der Waals surface area contributed by atoms with Gasteiger partial charge in [-0.3, -0.25) is 0 Å². The van der Waals surface area contributed by atoms with Crippen LogP contribution in [0, 0.1) is 17.3 Å². The highest BCUT2D eigenvalue weighted by molar-refractivity contribution is 5.81. The second kappa shape index (κ2) is 4.42. The van der Waals surface area contributed by atoms with Gasteiger partial charge in [-0.15, -0.1) is 0 Å². The Bertz CT molecular complexity index is 678. The first-order valence-electron chi connectivity index (χ1n) is 8.10.